The Balaban J connectivity index is 2.08. The van der Waals surface area contributed by atoms with Crippen molar-refractivity contribution in [1.29, 1.82) is 0 Å². The first kappa shape index (κ1) is 12.8. The highest BCUT2D eigenvalue weighted by Crippen LogP contribution is 2.44. The van der Waals surface area contributed by atoms with Crippen molar-refractivity contribution >= 4 is 17.6 Å². The molecule has 3 nitrogen and oxygen atoms in total. The number of alkyl halides is 1. The van der Waals surface area contributed by atoms with E-state index in [2.05, 4.69) is 11.7 Å². The molecular formula is C11H19ClO3. The Labute approximate surface area is 96.1 Å². The number of methoxy groups -OCH3 is 1. The fraction of sp³-hybridized carbons (Fsp3) is 0.909. The lowest BCUT2D eigenvalue weighted by Crippen LogP contribution is -2.22. The van der Waals surface area contributed by atoms with Crippen LogP contribution in [0.5, 0.6) is 0 Å². The lowest BCUT2D eigenvalue weighted by Gasteiger charge is -2.01. The summed E-state index contributed by atoms with van der Waals surface area (Å²) >= 11 is 5.90. The molecule has 0 bridgehead atoms. The number of epoxide rings is 1. The quantitative estimate of drug-likeness (QED) is 0.294. The molecule has 0 aromatic heterocycles. The molecular weight excluding hydrogens is 216 g/mol. The Hall–Kier alpha value is -0.280. The molecule has 0 aliphatic carbocycles. The average Bonchev–Trinajstić information content (AvgIpc) is 2.90. The van der Waals surface area contributed by atoms with Crippen LogP contribution in [-0.4, -0.2) is 24.2 Å². The van der Waals surface area contributed by atoms with Gasteiger partial charge in [0.2, 0.25) is 0 Å². The zero-order valence-electron chi connectivity index (χ0n) is 9.42. The van der Waals surface area contributed by atoms with Crippen LogP contribution in [0, 0.1) is 0 Å². The largest absolute Gasteiger partial charge is 0.466 e. The molecule has 0 spiro atoms. The van der Waals surface area contributed by atoms with Gasteiger partial charge < -0.3 is 9.47 Å². The summed E-state index contributed by atoms with van der Waals surface area (Å²) in [7, 11) is 1.33. The highest BCUT2D eigenvalue weighted by atomic mass is 35.5. The van der Waals surface area contributed by atoms with E-state index in [1.807, 2.05) is 0 Å². The summed E-state index contributed by atoms with van der Waals surface area (Å²) in [5.74, 6) is -0.470. The fourth-order valence-electron chi connectivity index (χ4n) is 1.67. The molecule has 1 heterocycles. The van der Waals surface area contributed by atoms with Crippen LogP contribution < -0.4 is 0 Å². The maximum Gasteiger partial charge on any atom is 0.356 e. The maximum absolute atomic E-state index is 11.2. The molecule has 1 rings (SSSR count). The Morgan fingerprint density at radius 3 is 2.67 bits per heavy atom. The summed E-state index contributed by atoms with van der Waals surface area (Å²) in [6.45, 7) is 2.19. The SMILES string of the molecule is CCCCCCC[C@H]1O[C@@]1(Cl)C(=O)OC. The van der Waals surface area contributed by atoms with Crippen molar-refractivity contribution in [2.45, 2.75) is 56.6 Å². The highest BCUT2D eigenvalue weighted by molar-refractivity contribution is 6.35. The molecule has 88 valence electrons. The Bertz CT molecular complexity index is 220. The normalized spacial score (nSPS) is 28.9. The van der Waals surface area contributed by atoms with Crippen LogP contribution in [0.4, 0.5) is 0 Å². The lowest BCUT2D eigenvalue weighted by atomic mass is 10.1. The molecule has 0 unspecified atom stereocenters. The number of halogens is 1. The van der Waals surface area contributed by atoms with E-state index in [0.717, 1.165) is 12.8 Å². The lowest BCUT2D eigenvalue weighted by molar-refractivity contribution is -0.143. The number of rotatable bonds is 7. The van der Waals surface area contributed by atoms with Crippen molar-refractivity contribution in [2.24, 2.45) is 0 Å². The van der Waals surface area contributed by atoms with E-state index in [1.165, 1.54) is 32.8 Å². The minimum Gasteiger partial charge on any atom is -0.466 e. The van der Waals surface area contributed by atoms with E-state index >= 15 is 0 Å². The summed E-state index contributed by atoms with van der Waals surface area (Å²) in [6, 6.07) is 0. The van der Waals surface area contributed by atoms with Gasteiger partial charge in [-0.2, -0.15) is 0 Å². The number of hydrogen-bond donors (Lipinski definition) is 0. The minimum atomic E-state index is -1.17. The second-order valence-corrected chi connectivity index (χ2v) is 4.51. The molecule has 0 N–H and O–H groups in total. The van der Waals surface area contributed by atoms with Crippen LogP contribution in [-0.2, 0) is 14.3 Å². The van der Waals surface area contributed by atoms with Crippen molar-refractivity contribution in [3.05, 3.63) is 0 Å². The third-order valence-electron chi connectivity index (χ3n) is 2.70. The van der Waals surface area contributed by atoms with E-state index in [9.17, 15) is 4.79 Å². The van der Waals surface area contributed by atoms with Gasteiger partial charge >= 0.3 is 5.97 Å². The van der Waals surface area contributed by atoms with Crippen molar-refractivity contribution in [2.75, 3.05) is 7.11 Å². The van der Waals surface area contributed by atoms with Crippen LogP contribution in [0.1, 0.15) is 45.4 Å². The summed E-state index contributed by atoms with van der Waals surface area (Å²) in [5, 5.41) is -1.17. The molecule has 1 aliphatic heterocycles. The molecule has 0 aromatic carbocycles. The van der Waals surface area contributed by atoms with E-state index < -0.39 is 11.0 Å². The van der Waals surface area contributed by atoms with Crippen molar-refractivity contribution < 1.29 is 14.3 Å². The van der Waals surface area contributed by atoms with Gasteiger partial charge in [-0.25, -0.2) is 4.79 Å². The van der Waals surface area contributed by atoms with Gasteiger partial charge in [-0.05, 0) is 6.42 Å². The number of ether oxygens (including phenoxy) is 2. The van der Waals surface area contributed by atoms with Gasteiger partial charge in [-0.15, -0.1) is 0 Å². The molecule has 0 radical (unpaired) electrons. The smallest absolute Gasteiger partial charge is 0.356 e. The predicted molar refractivity (Wildman–Crippen MR) is 58.8 cm³/mol. The van der Waals surface area contributed by atoms with Crippen LogP contribution in [0.15, 0.2) is 0 Å². The summed E-state index contributed by atoms with van der Waals surface area (Å²) in [4.78, 5) is 11.2. The first-order chi connectivity index (χ1) is 7.15. The van der Waals surface area contributed by atoms with E-state index in [0.29, 0.717) is 0 Å². The van der Waals surface area contributed by atoms with E-state index in [-0.39, 0.29) is 6.10 Å². The standard InChI is InChI=1S/C11H19ClO3/c1-3-4-5-6-7-8-9-11(12,15-9)10(13)14-2/h9H,3-8H2,1-2H3/t9-,11-/m1/s1. The zero-order valence-corrected chi connectivity index (χ0v) is 10.2. The number of carbonyl (C=O) groups is 1. The van der Waals surface area contributed by atoms with E-state index in [4.69, 9.17) is 16.3 Å². The van der Waals surface area contributed by atoms with Crippen LogP contribution in [0.2, 0.25) is 0 Å². The first-order valence-electron chi connectivity index (χ1n) is 5.60. The van der Waals surface area contributed by atoms with Gasteiger partial charge in [0.1, 0.15) is 6.10 Å². The van der Waals surface area contributed by atoms with Crippen molar-refractivity contribution in [3.63, 3.8) is 0 Å². The zero-order chi connectivity index (χ0) is 11.3. The third-order valence-corrected chi connectivity index (χ3v) is 3.19. The fourth-order valence-corrected chi connectivity index (χ4v) is 1.96. The molecule has 0 amide bonds. The second kappa shape index (κ2) is 5.71. The van der Waals surface area contributed by atoms with Gasteiger partial charge in [0.15, 0.2) is 0 Å². The monoisotopic (exact) mass is 234 g/mol. The van der Waals surface area contributed by atoms with E-state index in [1.54, 1.807) is 0 Å². The number of esters is 1. The van der Waals surface area contributed by atoms with Gasteiger partial charge in [0.05, 0.1) is 7.11 Å². The molecule has 4 heteroatoms. The number of unbranched alkanes of at least 4 members (excludes halogenated alkanes) is 4. The maximum atomic E-state index is 11.2. The molecule has 1 aliphatic rings. The summed E-state index contributed by atoms with van der Waals surface area (Å²) < 4.78 is 9.71. The van der Waals surface area contributed by atoms with Crippen LogP contribution in [0.25, 0.3) is 0 Å². The Morgan fingerprint density at radius 1 is 1.40 bits per heavy atom. The second-order valence-electron chi connectivity index (χ2n) is 3.95. The van der Waals surface area contributed by atoms with Crippen LogP contribution in [0.3, 0.4) is 0 Å². The first-order valence-corrected chi connectivity index (χ1v) is 5.98. The highest BCUT2D eigenvalue weighted by Gasteiger charge is 2.62. The van der Waals surface area contributed by atoms with Crippen molar-refractivity contribution in [1.82, 2.24) is 0 Å². The van der Waals surface area contributed by atoms with Crippen molar-refractivity contribution in [3.8, 4) is 0 Å². The third kappa shape index (κ3) is 3.35. The minimum absolute atomic E-state index is 0.145. The Kier molecular flexibility index (Phi) is 4.87. The molecule has 0 saturated carbocycles. The van der Waals surface area contributed by atoms with Gasteiger partial charge in [-0.1, -0.05) is 50.6 Å². The summed E-state index contributed by atoms with van der Waals surface area (Å²) in [6.07, 6.45) is 6.71. The molecule has 15 heavy (non-hydrogen) atoms. The number of hydrogen-bond acceptors (Lipinski definition) is 3. The topological polar surface area (TPSA) is 38.8 Å². The summed E-state index contributed by atoms with van der Waals surface area (Å²) in [5.41, 5.74) is 0. The van der Waals surface area contributed by atoms with Gasteiger partial charge in [0.25, 0.3) is 5.06 Å². The average molecular weight is 235 g/mol. The molecule has 1 saturated heterocycles. The van der Waals surface area contributed by atoms with Gasteiger partial charge in [-0.3, -0.25) is 0 Å². The Morgan fingerprint density at radius 2 is 2.07 bits per heavy atom. The molecule has 1 fully saturated rings. The molecule has 2 atom stereocenters. The number of carbonyl (C=O) groups excluding carboxylic acids is 1. The van der Waals surface area contributed by atoms with Crippen LogP contribution >= 0.6 is 11.6 Å². The predicted octanol–water partition coefficient (Wildman–Crippen LogP) is 2.85. The molecule has 0 aromatic rings. The van der Waals surface area contributed by atoms with Gasteiger partial charge in [0, 0.05) is 0 Å².